The van der Waals surface area contributed by atoms with Crippen molar-refractivity contribution >= 4 is 23.3 Å². The van der Waals surface area contributed by atoms with Crippen LogP contribution >= 0.6 is 0 Å². The first-order valence-corrected chi connectivity index (χ1v) is 6.54. The van der Waals surface area contributed by atoms with Crippen LogP contribution in [0.15, 0.2) is 47.5 Å². The van der Waals surface area contributed by atoms with E-state index in [4.69, 9.17) is 0 Å². The lowest BCUT2D eigenvalue weighted by Gasteiger charge is -2.11. The molecule has 0 saturated heterocycles. The molecule has 21 heavy (non-hydrogen) atoms. The van der Waals surface area contributed by atoms with Gasteiger partial charge in [0.1, 0.15) is 0 Å². The predicted molar refractivity (Wildman–Crippen MR) is 85.9 cm³/mol. The summed E-state index contributed by atoms with van der Waals surface area (Å²) >= 11 is 0. The standard InChI is InChI=1S/C16H17N3O2/c1-12-4-7-14(10-16(12)19(20)21)17-11-13-5-8-15(9-6-13)18(2)3/h4-11H,1-3H3. The summed E-state index contributed by atoms with van der Waals surface area (Å²) in [6, 6.07) is 12.9. The summed E-state index contributed by atoms with van der Waals surface area (Å²) in [5.74, 6) is 0. The molecule has 0 aromatic heterocycles. The third-order valence-electron chi connectivity index (χ3n) is 3.16. The van der Waals surface area contributed by atoms with Crippen LogP contribution in [-0.2, 0) is 0 Å². The van der Waals surface area contributed by atoms with Gasteiger partial charge in [-0.15, -0.1) is 0 Å². The molecule has 2 aromatic rings. The van der Waals surface area contributed by atoms with Crippen molar-refractivity contribution in [1.82, 2.24) is 0 Å². The third kappa shape index (κ3) is 3.66. The van der Waals surface area contributed by atoms with Gasteiger partial charge in [0, 0.05) is 37.6 Å². The number of nitrogens with zero attached hydrogens (tertiary/aromatic N) is 3. The van der Waals surface area contributed by atoms with Gasteiger partial charge in [-0.05, 0) is 30.7 Å². The number of aryl methyl sites for hydroxylation is 1. The maximum Gasteiger partial charge on any atom is 0.274 e. The van der Waals surface area contributed by atoms with Crippen molar-refractivity contribution in [2.75, 3.05) is 19.0 Å². The number of nitro benzene ring substituents is 1. The number of rotatable bonds is 4. The summed E-state index contributed by atoms with van der Waals surface area (Å²) in [6.07, 6.45) is 1.70. The molecule has 0 saturated carbocycles. The Morgan fingerprint density at radius 3 is 2.38 bits per heavy atom. The van der Waals surface area contributed by atoms with Crippen LogP contribution in [0.4, 0.5) is 17.1 Å². The first-order valence-electron chi connectivity index (χ1n) is 6.54. The highest BCUT2D eigenvalue weighted by Gasteiger charge is 2.10. The SMILES string of the molecule is Cc1ccc(N=Cc2ccc(N(C)C)cc2)cc1[N+](=O)[O-]. The molecule has 0 radical (unpaired) electrons. The molecule has 0 aliphatic rings. The normalized spacial score (nSPS) is 10.8. The zero-order chi connectivity index (χ0) is 15.4. The molecule has 0 fully saturated rings. The van der Waals surface area contributed by atoms with Crippen molar-refractivity contribution in [1.29, 1.82) is 0 Å². The molecule has 0 amide bonds. The van der Waals surface area contributed by atoms with Gasteiger partial charge in [-0.3, -0.25) is 15.1 Å². The maximum absolute atomic E-state index is 10.9. The number of aliphatic imine (C=N–C) groups is 1. The molecule has 0 unspecified atom stereocenters. The molecule has 0 aliphatic carbocycles. The Balaban J connectivity index is 2.21. The van der Waals surface area contributed by atoms with Crippen LogP contribution in [0.25, 0.3) is 0 Å². The minimum Gasteiger partial charge on any atom is -0.378 e. The van der Waals surface area contributed by atoms with E-state index in [1.54, 1.807) is 25.3 Å². The fourth-order valence-corrected chi connectivity index (χ4v) is 1.88. The smallest absolute Gasteiger partial charge is 0.274 e. The van der Waals surface area contributed by atoms with Gasteiger partial charge in [-0.1, -0.05) is 18.2 Å². The highest BCUT2D eigenvalue weighted by atomic mass is 16.6. The summed E-state index contributed by atoms with van der Waals surface area (Å²) in [5, 5.41) is 10.9. The second-order valence-electron chi connectivity index (χ2n) is 4.97. The maximum atomic E-state index is 10.9. The summed E-state index contributed by atoms with van der Waals surface area (Å²) in [7, 11) is 3.96. The zero-order valence-corrected chi connectivity index (χ0v) is 12.3. The van der Waals surface area contributed by atoms with Crippen LogP contribution in [0.2, 0.25) is 0 Å². The van der Waals surface area contributed by atoms with Gasteiger partial charge in [0.25, 0.3) is 5.69 Å². The molecule has 108 valence electrons. The van der Waals surface area contributed by atoms with Crippen LogP contribution in [-0.4, -0.2) is 25.2 Å². The number of hydrogen-bond acceptors (Lipinski definition) is 4. The average Bonchev–Trinajstić information content (AvgIpc) is 2.46. The van der Waals surface area contributed by atoms with Crippen molar-refractivity contribution in [2.45, 2.75) is 6.92 Å². The van der Waals surface area contributed by atoms with Crippen LogP contribution in [0.5, 0.6) is 0 Å². The van der Waals surface area contributed by atoms with E-state index < -0.39 is 0 Å². The Hall–Kier alpha value is -2.69. The van der Waals surface area contributed by atoms with E-state index in [-0.39, 0.29) is 10.6 Å². The number of hydrogen-bond donors (Lipinski definition) is 0. The second kappa shape index (κ2) is 6.17. The number of nitro groups is 1. The van der Waals surface area contributed by atoms with Crippen molar-refractivity contribution in [3.63, 3.8) is 0 Å². The lowest BCUT2D eigenvalue weighted by Crippen LogP contribution is -2.08. The van der Waals surface area contributed by atoms with Gasteiger partial charge in [0.05, 0.1) is 10.6 Å². The topological polar surface area (TPSA) is 58.7 Å². The summed E-state index contributed by atoms with van der Waals surface area (Å²) < 4.78 is 0. The lowest BCUT2D eigenvalue weighted by molar-refractivity contribution is -0.385. The van der Waals surface area contributed by atoms with Crippen molar-refractivity contribution in [3.05, 3.63) is 63.7 Å². The zero-order valence-electron chi connectivity index (χ0n) is 12.3. The van der Waals surface area contributed by atoms with Gasteiger partial charge < -0.3 is 4.90 Å². The Morgan fingerprint density at radius 1 is 1.14 bits per heavy atom. The Kier molecular flexibility index (Phi) is 4.33. The van der Waals surface area contributed by atoms with E-state index in [9.17, 15) is 10.1 Å². The van der Waals surface area contributed by atoms with Crippen LogP contribution in [0.3, 0.4) is 0 Å². The predicted octanol–water partition coefficient (Wildman–Crippen LogP) is 3.72. The molecule has 0 heterocycles. The highest BCUT2D eigenvalue weighted by molar-refractivity contribution is 5.82. The van der Waals surface area contributed by atoms with Crippen molar-refractivity contribution < 1.29 is 4.92 Å². The monoisotopic (exact) mass is 283 g/mol. The minimum atomic E-state index is -0.389. The first-order chi connectivity index (χ1) is 9.97. The molecule has 0 N–H and O–H groups in total. The molecule has 5 nitrogen and oxygen atoms in total. The van der Waals surface area contributed by atoms with E-state index >= 15 is 0 Å². The third-order valence-corrected chi connectivity index (χ3v) is 3.16. The van der Waals surface area contributed by atoms with E-state index in [1.807, 2.05) is 43.3 Å². The van der Waals surface area contributed by atoms with E-state index in [0.717, 1.165) is 11.3 Å². The molecule has 2 rings (SSSR count). The van der Waals surface area contributed by atoms with Gasteiger partial charge in [-0.2, -0.15) is 0 Å². The Labute approximate surface area is 123 Å². The van der Waals surface area contributed by atoms with Gasteiger partial charge in [-0.25, -0.2) is 0 Å². The quantitative estimate of drug-likeness (QED) is 0.488. The second-order valence-corrected chi connectivity index (χ2v) is 4.97. The van der Waals surface area contributed by atoms with Crippen molar-refractivity contribution in [3.8, 4) is 0 Å². The Bertz CT molecular complexity index is 676. The largest absolute Gasteiger partial charge is 0.378 e. The molecule has 5 heteroatoms. The van der Waals surface area contributed by atoms with Gasteiger partial charge in [0.15, 0.2) is 0 Å². The van der Waals surface area contributed by atoms with Crippen LogP contribution in [0.1, 0.15) is 11.1 Å². The first kappa shape index (κ1) is 14.7. The highest BCUT2D eigenvalue weighted by Crippen LogP contribution is 2.24. The average molecular weight is 283 g/mol. The summed E-state index contributed by atoms with van der Waals surface area (Å²) in [4.78, 5) is 16.8. The van der Waals surface area contributed by atoms with E-state index in [0.29, 0.717) is 11.3 Å². The summed E-state index contributed by atoms with van der Waals surface area (Å²) in [5.41, 5.74) is 3.35. The fourth-order valence-electron chi connectivity index (χ4n) is 1.88. The van der Waals surface area contributed by atoms with E-state index in [1.165, 1.54) is 6.07 Å². The number of anilines is 1. The van der Waals surface area contributed by atoms with E-state index in [2.05, 4.69) is 4.99 Å². The molecule has 0 spiro atoms. The molecular weight excluding hydrogens is 266 g/mol. The van der Waals surface area contributed by atoms with Crippen molar-refractivity contribution in [2.24, 2.45) is 4.99 Å². The molecular formula is C16H17N3O2. The molecule has 2 aromatic carbocycles. The Morgan fingerprint density at radius 2 is 1.81 bits per heavy atom. The number of benzene rings is 2. The summed E-state index contributed by atoms with van der Waals surface area (Å²) in [6.45, 7) is 1.71. The van der Waals surface area contributed by atoms with Crippen LogP contribution in [0, 0.1) is 17.0 Å². The molecule has 0 atom stereocenters. The van der Waals surface area contributed by atoms with Gasteiger partial charge >= 0.3 is 0 Å². The molecule has 0 bridgehead atoms. The van der Waals surface area contributed by atoms with Gasteiger partial charge in [0.2, 0.25) is 0 Å². The lowest BCUT2D eigenvalue weighted by atomic mass is 10.2. The fraction of sp³-hybridized carbons (Fsp3) is 0.188. The molecule has 0 aliphatic heterocycles. The minimum absolute atomic E-state index is 0.0904. The van der Waals surface area contributed by atoms with Crippen LogP contribution < -0.4 is 4.90 Å².